The fourth-order valence-electron chi connectivity index (χ4n) is 1.04. The first-order chi connectivity index (χ1) is 6.29. The van der Waals surface area contributed by atoms with Gasteiger partial charge in [0.1, 0.15) is 5.82 Å². The Morgan fingerprint density at radius 1 is 1.62 bits per heavy atom. The van der Waals surface area contributed by atoms with Crippen molar-refractivity contribution in [2.45, 2.75) is 6.92 Å². The first kappa shape index (κ1) is 9.51. The third kappa shape index (κ3) is 2.18. The maximum Gasteiger partial charge on any atom is 0.255 e. The molecule has 1 aromatic heterocycles. The van der Waals surface area contributed by atoms with Gasteiger partial charge in [-0.3, -0.25) is 4.79 Å². The Morgan fingerprint density at radius 2 is 2.38 bits per heavy atom. The number of aromatic nitrogens is 1. The van der Waals surface area contributed by atoms with Gasteiger partial charge in [-0.05, 0) is 19.1 Å². The van der Waals surface area contributed by atoms with Crippen LogP contribution in [0.15, 0.2) is 18.3 Å². The second kappa shape index (κ2) is 4.45. The maximum absolute atomic E-state index is 11.4. The zero-order valence-electron chi connectivity index (χ0n) is 7.79. The van der Waals surface area contributed by atoms with Crippen molar-refractivity contribution in [3.63, 3.8) is 0 Å². The molecular weight excluding hydrogens is 166 g/mol. The molecule has 0 atom stereocenters. The molecule has 0 unspecified atom stereocenters. The van der Waals surface area contributed by atoms with Crippen molar-refractivity contribution in [3.05, 3.63) is 23.9 Å². The highest BCUT2D eigenvalue weighted by atomic mass is 16.1. The predicted molar refractivity (Wildman–Crippen MR) is 51.8 cm³/mol. The Kier molecular flexibility index (Phi) is 3.25. The molecule has 1 amide bonds. The van der Waals surface area contributed by atoms with E-state index in [0.717, 1.165) is 0 Å². The molecule has 0 aromatic carbocycles. The smallest absolute Gasteiger partial charge is 0.255 e. The van der Waals surface area contributed by atoms with Gasteiger partial charge in [0.05, 0.1) is 5.56 Å². The minimum atomic E-state index is -0.0973. The van der Waals surface area contributed by atoms with Crippen LogP contribution in [-0.2, 0) is 0 Å². The number of anilines is 1. The second-order valence-electron chi connectivity index (χ2n) is 2.51. The fourth-order valence-corrected chi connectivity index (χ4v) is 1.04. The average molecular weight is 179 g/mol. The van der Waals surface area contributed by atoms with E-state index in [0.29, 0.717) is 17.9 Å². The normalized spacial score (nSPS) is 9.38. The van der Waals surface area contributed by atoms with Crippen LogP contribution in [0.5, 0.6) is 0 Å². The van der Waals surface area contributed by atoms with Gasteiger partial charge in [0.2, 0.25) is 0 Å². The summed E-state index contributed by atoms with van der Waals surface area (Å²) >= 11 is 0. The van der Waals surface area contributed by atoms with Crippen LogP contribution in [-0.4, -0.2) is 24.5 Å². The SMILES string of the molecule is CCNC(=O)c1cccnc1NC. The van der Waals surface area contributed by atoms with Crippen LogP contribution in [0.1, 0.15) is 17.3 Å². The average Bonchev–Trinajstić information content (AvgIpc) is 2.18. The summed E-state index contributed by atoms with van der Waals surface area (Å²) in [4.78, 5) is 15.5. The molecule has 1 aromatic rings. The molecule has 0 radical (unpaired) electrons. The highest BCUT2D eigenvalue weighted by Crippen LogP contribution is 2.09. The highest BCUT2D eigenvalue weighted by Gasteiger charge is 2.08. The van der Waals surface area contributed by atoms with Crippen molar-refractivity contribution >= 4 is 11.7 Å². The predicted octanol–water partition coefficient (Wildman–Crippen LogP) is 0.873. The van der Waals surface area contributed by atoms with Gasteiger partial charge in [0.25, 0.3) is 5.91 Å². The lowest BCUT2D eigenvalue weighted by atomic mass is 10.2. The minimum Gasteiger partial charge on any atom is -0.372 e. The molecule has 1 rings (SSSR count). The first-order valence-electron chi connectivity index (χ1n) is 4.20. The Labute approximate surface area is 77.4 Å². The standard InChI is InChI=1S/C9H13N3O/c1-3-11-9(13)7-5-4-6-12-8(7)10-2/h4-6H,3H2,1-2H3,(H,10,12)(H,11,13). The summed E-state index contributed by atoms with van der Waals surface area (Å²) in [6, 6.07) is 3.48. The van der Waals surface area contributed by atoms with Crippen LogP contribution in [0.3, 0.4) is 0 Å². The number of pyridine rings is 1. The van der Waals surface area contributed by atoms with E-state index < -0.39 is 0 Å². The Balaban J connectivity index is 2.92. The van der Waals surface area contributed by atoms with Crippen molar-refractivity contribution in [1.82, 2.24) is 10.3 Å². The number of rotatable bonds is 3. The second-order valence-corrected chi connectivity index (χ2v) is 2.51. The molecule has 0 aliphatic heterocycles. The highest BCUT2D eigenvalue weighted by molar-refractivity contribution is 5.98. The lowest BCUT2D eigenvalue weighted by molar-refractivity contribution is 0.0956. The number of hydrogen-bond donors (Lipinski definition) is 2. The van der Waals surface area contributed by atoms with Crippen LogP contribution < -0.4 is 10.6 Å². The van der Waals surface area contributed by atoms with Gasteiger partial charge >= 0.3 is 0 Å². The fraction of sp³-hybridized carbons (Fsp3) is 0.333. The van der Waals surface area contributed by atoms with Gasteiger partial charge in [0.15, 0.2) is 0 Å². The summed E-state index contributed by atoms with van der Waals surface area (Å²) in [6.45, 7) is 2.50. The van der Waals surface area contributed by atoms with E-state index in [1.165, 1.54) is 0 Å². The van der Waals surface area contributed by atoms with Crippen molar-refractivity contribution in [3.8, 4) is 0 Å². The van der Waals surface area contributed by atoms with E-state index in [-0.39, 0.29) is 5.91 Å². The number of amides is 1. The van der Waals surface area contributed by atoms with Gasteiger partial charge in [-0.25, -0.2) is 4.98 Å². The summed E-state index contributed by atoms with van der Waals surface area (Å²) < 4.78 is 0. The largest absolute Gasteiger partial charge is 0.372 e. The Hall–Kier alpha value is -1.58. The summed E-state index contributed by atoms with van der Waals surface area (Å²) in [6.07, 6.45) is 1.65. The molecule has 0 aliphatic carbocycles. The molecule has 4 nitrogen and oxygen atoms in total. The number of carbonyl (C=O) groups excluding carboxylic acids is 1. The molecule has 70 valence electrons. The molecular formula is C9H13N3O. The Bertz CT molecular complexity index is 299. The van der Waals surface area contributed by atoms with Crippen LogP contribution in [0.2, 0.25) is 0 Å². The molecule has 2 N–H and O–H groups in total. The molecule has 0 fully saturated rings. The lowest BCUT2D eigenvalue weighted by Gasteiger charge is -2.06. The molecule has 0 saturated heterocycles. The molecule has 0 saturated carbocycles. The van der Waals surface area contributed by atoms with Gasteiger partial charge in [-0.1, -0.05) is 0 Å². The van der Waals surface area contributed by atoms with Crippen molar-refractivity contribution < 1.29 is 4.79 Å². The Morgan fingerprint density at radius 3 is 3.00 bits per heavy atom. The minimum absolute atomic E-state index is 0.0973. The zero-order chi connectivity index (χ0) is 9.68. The summed E-state index contributed by atoms with van der Waals surface area (Å²) in [7, 11) is 1.74. The molecule has 1 heterocycles. The van der Waals surface area contributed by atoms with Crippen LogP contribution in [0.25, 0.3) is 0 Å². The van der Waals surface area contributed by atoms with Crippen LogP contribution in [0, 0.1) is 0 Å². The third-order valence-corrected chi connectivity index (χ3v) is 1.63. The molecule has 13 heavy (non-hydrogen) atoms. The third-order valence-electron chi connectivity index (χ3n) is 1.63. The number of carbonyl (C=O) groups is 1. The molecule has 0 spiro atoms. The van der Waals surface area contributed by atoms with Crippen LogP contribution >= 0.6 is 0 Å². The van der Waals surface area contributed by atoms with Gasteiger partial charge in [0, 0.05) is 19.8 Å². The number of hydrogen-bond acceptors (Lipinski definition) is 3. The van der Waals surface area contributed by atoms with E-state index in [4.69, 9.17) is 0 Å². The van der Waals surface area contributed by atoms with Gasteiger partial charge in [-0.2, -0.15) is 0 Å². The summed E-state index contributed by atoms with van der Waals surface area (Å²) in [5.41, 5.74) is 0.576. The zero-order valence-corrected chi connectivity index (χ0v) is 7.79. The van der Waals surface area contributed by atoms with Crippen molar-refractivity contribution in [2.75, 3.05) is 18.9 Å². The van der Waals surface area contributed by atoms with Crippen LogP contribution in [0.4, 0.5) is 5.82 Å². The quantitative estimate of drug-likeness (QED) is 0.724. The number of nitrogens with one attached hydrogen (secondary N) is 2. The summed E-state index contributed by atoms with van der Waals surface area (Å²) in [5.74, 6) is 0.508. The summed E-state index contributed by atoms with van der Waals surface area (Å²) in [5, 5.41) is 5.58. The number of nitrogens with zero attached hydrogens (tertiary/aromatic N) is 1. The van der Waals surface area contributed by atoms with Gasteiger partial charge in [-0.15, -0.1) is 0 Å². The topological polar surface area (TPSA) is 54.0 Å². The molecule has 0 aliphatic rings. The monoisotopic (exact) mass is 179 g/mol. The van der Waals surface area contributed by atoms with E-state index in [2.05, 4.69) is 15.6 Å². The van der Waals surface area contributed by atoms with Crippen molar-refractivity contribution in [2.24, 2.45) is 0 Å². The van der Waals surface area contributed by atoms with Gasteiger partial charge < -0.3 is 10.6 Å². The van der Waals surface area contributed by atoms with E-state index in [1.807, 2.05) is 6.92 Å². The van der Waals surface area contributed by atoms with E-state index >= 15 is 0 Å². The molecule has 0 bridgehead atoms. The maximum atomic E-state index is 11.4. The lowest BCUT2D eigenvalue weighted by Crippen LogP contribution is -2.23. The van der Waals surface area contributed by atoms with E-state index in [1.54, 1.807) is 25.4 Å². The first-order valence-corrected chi connectivity index (χ1v) is 4.20. The van der Waals surface area contributed by atoms with E-state index in [9.17, 15) is 4.79 Å². The molecule has 4 heteroatoms. The van der Waals surface area contributed by atoms with Crippen molar-refractivity contribution in [1.29, 1.82) is 0 Å².